The predicted molar refractivity (Wildman–Crippen MR) is 60.7 cm³/mol. The van der Waals surface area contributed by atoms with Crippen LogP contribution in [0.15, 0.2) is 11.6 Å². The van der Waals surface area contributed by atoms with Gasteiger partial charge in [0.25, 0.3) is 0 Å². The third kappa shape index (κ3) is 4.63. The summed E-state index contributed by atoms with van der Waals surface area (Å²) in [5.41, 5.74) is 3.09. The zero-order chi connectivity index (χ0) is 12.2. The number of nitrogens with one attached hydrogen (secondary N) is 1. The van der Waals surface area contributed by atoms with Gasteiger partial charge >= 0.3 is 6.09 Å². The van der Waals surface area contributed by atoms with Crippen molar-refractivity contribution < 1.29 is 14.6 Å². The average molecular weight is 228 g/mol. The topological polar surface area (TPSA) is 61.8 Å². The van der Waals surface area contributed by atoms with Gasteiger partial charge < -0.3 is 9.84 Å². The van der Waals surface area contributed by atoms with Crippen LogP contribution in [0.1, 0.15) is 27.2 Å². The van der Waals surface area contributed by atoms with Gasteiger partial charge in [0.2, 0.25) is 0 Å². The second kappa shape index (κ2) is 5.32. The Morgan fingerprint density at radius 3 is 2.88 bits per heavy atom. The lowest BCUT2D eigenvalue weighted by atomic mass is 10.1. The van der Waals surface area contributed by atoms with Crippen molar-refractivity contribution in [2.45, 2.75) is 32.8 Å². The number of aliphatic hydroxyl groups is 1. The standard InChI is InChI=1S/C11H20N2O3/c1-11(2,3)16-10(15)12-13-6-4-5-9(7-13)8-14/h5,14H,4,6-8H2,1-3H3,(H,12,15). The molecule has 16 heavy (non-hydrogen) atoms. The minimum absolute atomic E-state index is 0.0342. The number of carbonyl (C=O) groups excluding carboxylic acids is 1. The number of aliphatic hydroxyl groups excluding tert-OH is 1. The van der Waals surface area contributed by atoms with Crippen molar-refractivity contribution in [3.63, 3.8) is 0 Å². The summed E-state index contributed by atoms with van der Waals surface area (Å²) in [5.74, 6) is 0. The van der Waals surface area contributed by atoms with Gasteiger partial charge in [0.15, 0.2) is 0 Å². The Kier molecular flexibility index (Phi) is 4.32. The van der Waals surface area contributed by atoms with Crippen molar-refractivity contribution in [1.29, 1.82) is 0 Å². The molecule has 1 aliphatic rings. The smallest absolute Gasteiger partial charge is 0.422 e. The Labute approximate surface area is 96.0 Å². The number of rotatable bonds is 2. The van der Waals surface area contributed by atoms with E-state index in [1.54, 1.807) is 5.01 Å². The fourth-order valence-corrected chi connectivity index (χ4v) is 1.45. The summed E-state index contributed by atoms with van der Waals surface area (Å²) >= 11 is 0. The van der Waals surface area contributed by atoms with Gasteiger partial charge in [-0.05, 0) is 32.8 Å². The molecule has 0 fully saturated rings. The van der Waals surface area contributed by atoms with Crippen LogP contribution in [-0.2, 0) is 4.74 Å². The number of hydrazine groups is 1. The highest BCUT2D eigenvalue weighted by atomic mass is 16.6. The molecule has 0 atom stereocenters. The van der Waals surface area contributed by atoms with E-state index < -0.39 is 11.7 Å². The van der Waals surface area contributed by atoms with E-state index >= 15 is 0 Å². The molecule has 0 aromatic rings. The highest BCUT2D eigenvalue weighted by molar-refractivity contribution is 5.67. The molecule has 1 rings (SSSR count). The molecule has 0 spiro atoms. The Morgan fingerprint density at radius 1 is 1.62 bits per heavy atom. The largest absolute Gasteiger partial charge is 0.443 e. The molecular formula is C11H20N2O3. The van der Waals surface area contributed by atoms with Crippen LogP contribution in [0.2, 0.25) is 0 Å². The molecule has 0 saturated carbocycles. The number of carbonyl (C=O) groups is 1. The van der Waals surface area contributed by atoms with Crippen LogP contribution >= 0.6 is 0 Å². The highest BCUT2D eigenvalue weighted by Crippen LogP contribution is 2.09. The van der Waals surface area contributed by atoms with Gasteiger partial charge in [-0.3, -0.25) is 5.43 Å². The molecule has 92 valence electrons. The summed E-state index contributed by atoms with van der Waals surface area (Å²) in [6, 6.07) is 0. The third-order valence-corrected chi connectivity index (χ3v) is 2.08. The molecule has 5 heteroatoms. The zero-order valence-electron chi connectivity index (χ0n) is 10.1. The van der Waals surface area contributed by atoms with Gasteiger partial charge in [0.1, 0.15) is 5.60 Å². The summed E-state index contributed by atoms with van der Waals surface area (Å²) < 4.78 is 5.14. The van der Waals surface area contributed by atoms with E-state index in [9.17, 15) is 4.79 Å². The van der Waals surface area contributed by atoms with E-state index in [0.717, 1.165) is 18.5 Å². The molecule has 0 radical (unpaired) electrons. The van der Waals surface area contributed by atoms with Crippen LogP contribution in [0, 0.1) is 0 Å². The molecule has 0 aromatic carbocycles. The summed E-state index contributed by atoms with van der Waals surface area (Å²) in [4.78, 5) is 11.5. The molecule has 1 aliphatic heterocycles. The molecule has 0 bridgehead atoms. The monoisotopic (exact) mass is 228 g/mol. The zero-order valence-corrected chi connectivity index (χ0v) is 10.1. The Bertz CT molecular complexity index is 281. The van der Waals surface area contributed by atoms with E-state index in [1.807, 2.05) is 26.8 Å². The van der Waals surface area contributed by atoms with Crippen LogP contribution < -0.4 is 5.43 Å². The first-order chi connectivity index (χ1) is 7.40. The molecular weight excluding hydrogens is 208 g/mol. The number of amides is 1. The lowest BCUT2D eigenvalue weighted by Gasteiger charge is -2.28. The SMILES string of the molecule is CC(C)(C)OC(=O)NN1CCC=C(CO)C1. The van der Waals surface area contributed by atoms with E-state index in [2.05, 4.69) is 5.43 Å². The molecule has 2 N–H and O–H groups in total. The van der Waals surface area contributed by atoms with Crippen molar-refractivity contribution >= 4 is 6.09 Å². The molecule has 1 heterocycles. The van der Waals surface area contributed by atoms with E-state index in [-0.39, 0.29) is 6.61 Å². The molecule has 1 amide bonds. The average Bonchev–Trinajstić information content (AvgIpc) is 2.15. The molecule has 0 aliphatic carbocycles. The summed E-state index contributed by atoms with van der Waals surface area (Å²) in [5, 5.41) is 10.7. The normalized spacial score (nSPS) is 17.9. The van der Waals surface area contributed by atoms with Crippen molar-refractivity contribution in [3.05, 3.63) is 11.6 Å². The van der Waals surface area contributed by atoms with Gasteiger partial charge in [-0.15, -0.1) is 0 Å². The first-order valence-electron chi connectivity index (χ1n) is 5.44. The van der Waals surface area contributed by atoms with Crippen molar-refractivity contribution in [2.75, 3.05) is 19.7 Å². The number of nitrogens with zero attached hydrogens (tertiary/aromatic N) is 1. The van der Waals surface area contributed by atoms with Crippen molar-refractivity contribution in [2.24, 2.45) is 0 Å². The van der Waals surface area contributed by atoms with E-state index in [4.69, 9.17) is 9.84 Å². The van der Waals surface area contributed by atoms with E-state index in [0.29, 0.717) is 6.54 Å². The predicted octanol–water partition coefficient (Wildman–Crippen LogP) is 1.05. The summed E-state index contributed by atoms with van der Waals surface area (Å²) in [6.07, 6.45) is 2.37. The van der Waals surface area contributed by atoms with Crippen molar-refractivity contribution in [1.82, 2.24) is 10.4 Å². The third-order valence-electron chi connectivity index (χ3n) is 2.08. The second-order valence-electron chi connectivity index (χ2n) is 4.84. The molecule has 0 saturated heterocycles. The summed E-state index contributed by atoms with van der Waals surface area (Å²) in [7, 11) is 0. The maximum atomic E-state index is 11.5. The van der Waals surface area contributed by atoms with Gasteiger partial charge in [-0.1, -0.05) is 6.08 Å². The second-order valence-corrected chi connectivity index (χ2v) is 4.84. The van der Waals surface area contributed by atoms with Gasteiger partial charge in [0, 0.05) is 13.1 Å². The quantitative estimate of drug-likeness (QED) is 0.693. The van der Waals surface area contributed by atoms with Crippen molar-refractivity contribution in [3.8, 4) is 0 Å². The van der Waals surface area contributed by atoms with Gasteiger partial charge in [0.05, 0.1) is 6.61 Å². The first kappa shape index (κ1) is 13.0. The van der Waals surface area contributed by atoms with Gasteiger partial charge in [-0.25, -0.2) is 9.80 Å². The summed E-state index contributed by atoms with van der Waals surface area (Å²) in [6.45, 7) is 6.79. The van der Waals surface area contributed by atoms with Crippen LogP contribution in [0.5, 0.6) is 0 Å². The van der Waals surface area contributed by atoms with Gasteiger partial charge in [-0.2, -0.15) is 0 Å². The van der Waals surface area contributed by atoms with Crippen LogP contribution in [-0.4, -0.2) is 41.5 Å². The Hall–Kier alpha value is -1.07. The van der Waals surface area contributed by atoms with E-state index in [1.165, 1.54) is 0 Å². The Morgan fingerprint density at radius 2 is 2.31 bits per heavy atom. The highest BCUT2D eigenvalue weighted by Gasteiger charge is 2.19. The molecule has 0 aromatic heterocycles. The lowest BCUT2D eigenvalue weighted by Crippen LogP contribution is -2.47. The number of hydrogen-bond donors (Lipinski definition) is 2. The lowest BCUT2D eigenvalue weighted by molar-refractivity contribution is 0.0335. The minimum atomic E-state index is -0.491. The van der Waals surface area contributed by atoms with Crippen LogP contribution in [0.4, 0.5) is 4.79 Å². The Balaban J connectivity index is 2.38. The number of ether oxygens (including phenoxy) is 1. The molecule has 0 unspecified atom stereocenters. The fraction of sp³-hybridized carbons (Fsp3) is 0.727. The maximum absolute atomic E-state index is 11.5. The minimum Gasteiger partial charge on any atom is -0.443 e. The van der Waals surface area contributed by atoms with Crippen LogP contribution in [0.25, 0.3) is 0 Å². The van der Waals surface area contributed by atoms with Crippen LogP contribution in [0.3, 0.4) is 0 Å². The maximum Gasteiger partial charge on any atom is 0.422 e. The first-order valence-corrected chi connectivity index (χ1v) is 5.44. The number of hydrogen-bond acceptors (Lipinski definition) is 4. The molecule has 5 nitrogen and oxygen atoms in total. The fourth-order valence-electron chi connectivity index (χ4n) is 1.45.